The molecule has 4 nitrogen and oxygen atoms in total. The molecule has 0 amide bonds. The second-order valence-electron chi connectivity index (χ2n) is 4.38. The summed E-state index contributed by atoms with van der Waals surface area (Å²) in [4.78, 5) is 8.51. The molecule has 1 aliphatic carbocycles. The van der Waals surface area contributed by atoms with Gasteiger partial charge < -0.3 is 10.6 Å². The molecule has 2 unspecified atom stereocenters. The Morgan fingerprint density at radius 2 is 2.29 bits per heavy atom. The number of nitrogens with one attached hydrogen (secondary N) is 2. The lowest BCUT2D eigenvalue weighted by molar-refractivity contribution is 0.473. The van der Waals surface area contributed by atoms with E-state index >= 15 is 0 Å². The molecule has 0 aliphatic heterocycles. The maximum atomic E-state index is 4.40. The largest absolute Gasteiger partial charge is 0.367 e. The highest BCUT2D eigenvalue weighted by atomic mass is 32.2. The van der Waals surface area contributed by atoms with Crippen molar-refractivity contribution in [3.63, 3.8) is 0 Å². The number of aromatic nitrogens is 2. The van der Waals surface area contributed by atoms with Crippen LogP contribution in [0, 0.1) is 0 Å². The second-order valence-corrected chi connectivity index (χ2v) is 5.52. The van der Waals surface area contributed by atoms with Crippen molar-refractivity contribution in [1.29, 1.82) is 0 Å². The van der Waals surface area contributed by atoms with E-state index in [4.69, 9.17) is 0 Å². The van der Waals surface area contributed by atoms with Crippen molar-refractivity contribution < 1.29 is 0 Å². The Balaban J connectivity index is 1.95. The van der Waals surface area contributed by atoms with Gasteiger partial charge in [-0.3, -0.25) is 0 Å². The maximum Gasteiger partial charge on any atom is 0.224 e. The Morgan fingerprint density at radius 3 is 3.06 bits per heavy atom. The lowest BCUT2D eigenvalue weighted by Gasteiger charge is -2.29. The minimum Gasteiger partial charge on any atom is -0.367 e. The molecule has 1 saturated carbocycles. The Bertz CT molecular complexity index is 358. The molecule has 1 fully saturated rings. The van der Waals surface area contributed by atoms with Crippen molar-refractivity contribution in [2.45, 2.75) is 37.0 Å². The van der Waals surface area contributed by atoms with Crippen molar-refractivity contribution in [2.75, 3.05) is 23.9 Å². The van der Waals surface area contributed by atoms with Gasteiger partial charge in [-0.1, -0.05) is 6.42 Å². The smallest absolute Gasteiger partial charge is 0.224 e. The van der Waals surface area contributed by atoms with Gasteiger partial charge in [0.25, 0.3) is 0 Å². The molecule has 0 spiro atoms. The molecule has 1 aromatic rings. The second kappa shape index (κ2) is 6.10. The van der Waals surface area contributed by atoms with Crippen molar-refractivity contribution in [3.05, 3.63) is 12.3 Å². The quantitative estimate of drug-likeness (QED) is 0.862. The monoisotopic (exact) mass is 252 g/mol. The van der Waals surface area contributed by atoms with E-state index in [-0.39, 0.29) is 0 Å². The Morgan fingerprint density at radius 1 is 1.41 bits per heavy atom. The first-order valence-corrected chi connectivity index (χ1v) is 7.40. The fourth-order valence-electron chi connectivity index (χ4n) is 2.26. The average molecular weight is 252 g/mol. The third-order valence-corrected chi connectivity index (χ3v) is 4.29. The zero-order valence-electron chi connectivity index (χ0n) is 10.4. The minimum atomic E-state index is 0.556. The third kappa shape index (κ3) is 3.49. The molecule has 94 valence electrons. The van der Waals surface area contributed by atoms with Crippen LogP contribution in [0.2, 0.25) is 0 Å². The van der Waals surface area contributed by atoms with Gasteiger partial charge in [0.1, 0.15) is 5.82 Å². The number of rotatable bonds is 4. The van der Waals surface area contributed by atoms with Crippen LogP contribution in [-0.4, -0.2) is 34.6 Å². The van der Waals surface area contributed by atoms with Crippen molar-refractivity contribution in [3.8, 4) is 0 Å². The molecule has 2 N–H and O–H groups in total. The predicted molar refractivity (Wildman–Crippen MR) is 74.8 cm³/mol. The third-order valence-electron chi connectivity index (χ3n) is 3.19. The summed E-state index contributed by atoms with van der Waals surface area (Å²) in [5.41, 5.74) is 0. The predicted octanol–water partition coefficient (Wildman–Crippen LogP) is 2.60. The van der Waals surface area contributed by atoms with Crippen molar-refractivity contribution in [2.24, 2.45) is 0 Å². The van der Waals surface area contributed by atoms with Crippen LogP contribution in [-0.2, 0) is 0 Å². The van der Waals surface area contributed by atoms with E-state index in [1.807, 2.05) is 24.9 Å². The number of thioether (sulfide) groups is 1. The highest BCUT2D eigenvalue weighted by molar-refractivity contribution is 7.99. The number of hydrogen-bond acceptors (Lipinski definition) is 5. The SMILES string of the molecule is CNc1nccc(NC2CCCC(SC)C2)n1. The standard InChI is InChI=1S/C12H20N4S/c1-13-12-14-7-6-11(16-12)15-9-4-3-5-10(8-9)17-2/h6-7,9-10H,3-5,8H2,1-2H3,(H2,13,14,15,16). The highest BCUT2D eigenvalue weighted by Crippen LogP contribution is 2.28. The summed E-state index contributed by atoms with van der Waals surface area (Å²) in [6.45, 7) is 0. The van der Waals surface area contributed by atoms with Crippen LogP contribution in [0.15, 0.2) is 12.3 Å². The first-order chi connectivity index (χ1) is 8.31. The Kier molecular flexibility index (Phi) is 4.48. The van der Waals surface area contributed by atoms with Crippen LogP contribution < -0.4 is 10.6 Å². The summed E-state index contributed by atoms with van der Waals surface area (Å²) in [6.07, 6.45) is 9.14. The molecule has 1 aliphatic rings. The van der Waals surface area contributed by atoms with Crippen molar-refractivity contribution in [1.82, 2.24) is 9.97 Å². The fraction of sp³-hybridized carbons (Fsp3) is 0.667. The van der Waals surface area contributed by atoms with E-state index in [2.05, 4.69) is 26.9 Å². The molecule has 0 aromatic carbocycles. The maximum absolute atomic E-state index is 4.40. The molecule has 0 bridgehead atoms. The van der Waals surface area contributed by atoms with E-state index in [9.17, 15) is 0 Å². The summed E-state index contributed by atoms with van der Waals surface area (Å²) in [7, 11) is 1.84. The molecule has 17 heavy (non-hydrogen) atoms. The van der Waals surface area contributed by atoms with Gasteiger partial charge in [-0.15, -0.1) is 0 Å². The van der Waals surface area contributed by atoms with Gasteiger partial charge in [0, 0.05) is 24.5 Å². The molecule has 1 heterocycles. The van der Waals surface area contributed by atoms with Gasteiger partial charge in [-0.2, -0.15) is 16.7 Å². The van der Waals surface area contributed by atoms with E-state index in [1.54, 1.807) is 6.20 Å². The molecule has 1 aromatic heterocycles. The van der Waals surface area contributed by atoms with Crippen molar-refractivity contribution >= 4 is 23.5 Å². The zero-order valence-corrected chi connectivity index (χ0v) is 11.3. The van der Waals surface area contributed by atoms with E-state index in [0.717, 1.165) is 11.1 Å². The molecular formula is C12H20N4S. The highest BCUT2D eigenvalue weighted by Gasteiger charge is 2.21. The van der Waals surface area contributed by atoms with E-state index < -0.39 is 0 Å². The molecule has 0 radical (unpaired) electrons. The number of nitrogens with zero attached hydrogens (tertiary/aromatic N) is 2. The number of anilines is 2. The summed E-state index contributed by atoms with van der Waals surface area (Å²) < 4.78 is 0. The molecule has 2 atom stereocenters. The van der Waals surface area contributed by atoms with Gasteiger partial charge in [-0.05, 0) is 31.6 Å². The van der Waals surface area contributed by atoms with Gasteiger partial charge in [0.05, 0.1) is 0 Å². The van der Waals surface area contributed by atoms with Gasteiger partial charge in [0.15, 0.2) is 0 Å². The van der Waals surface area contributed by atoms with E-state index in [0.29, 0.717) is 12.0 Å². The summed E-state index contributed by atoms with van der Waals surface area (Å²) in [5, 5.41) is 7.27. The summed E-state index contributed by atoms with van der Waals surface area (Å²) in [6, 6.07) is 2.49. The van der Waals surface area contributed by atoms with Crippen LogP contribution in [0.1, 0.15) is 25.7 Å². The Hall–Kier alpha value is -0.970. The molecule has 2 rings (SSSR count). The van der Waals surface area contributed by atoms with Crippen LogP contribution >= 0.6 is 11.8 Å². The van der Waals surface area contributed by atoms with E-state index in [1.165, 1.54) is 25.7 Å². The molecule has 5 heteroatoms. The Labute approximate surface area is 107 Å². The normalized spacial score (nSPS) is 24.4. The lowest BCUT2D eigenvalue weighted by atomic mass is 9.95. The fourth-order valence-corrected chi connectivity index (χ4v) is 3.09. The minimum absolute atomic E-state index is 0.556. The van der Waals surface area contributed by atoms with Crippen LogP contribution in [0.5, 0.6) is 0 Å². The first kappa shape index (κ1) is 12.5. The van der Waals surface area contributed by atoms with Gasteiger partial charge in [0.2, 0.25) is 5.95 Å². The number of hydrogen-bond donors (Lipinski definition) is 2. The van der Waals surface area contributed by atoms with Crippen LogP contribution in [0.3, 0.4) is 0 Å². The molecule has 0 saturated heterocycles. The van der Waals surface area contributed by atoms with Crippen LogP contribution in [0.4, 0.5) is 11.8 Å². The zero-order chi connectivity index (χ0) is 12.1. The summed E-state index contributed by atoms with van der Waals surface area (Å²) in [5.74, 6) is 1.60. The summed E-state index contributed by atoms with van der Waals surface area (Å²) >= 11 is 1.98. The van der Waals surface area contributed by atoms with Gasteiger partial charge in [-0.25, -0.2) is 4.98 Å². The van der Waals surface area contributed by atoms with Gasteiger partial charge >= 0.3 is 0 Å². The first-order valence-electron chi connectivity index (χ1n) is 6.12. The average Bonchev–Trinajstić information content (AvgIpc) is 2.39. The molecular weight excluding hydrogens is 232 g/mol. The topological polar surface area (TPSA) is 49.8 Å². The lowest BCUT2D eigenvalue weighted by Crippen LogP contribution is -2.28. The van der Waals surface area contributed by atoms with Crippen LogP contribution in [0.25, 0.3) is 0 Å².